The van der Waals surface area contributed by atoms with E-state index in [9.17, 15) is 0 Å². The fraction of sp³-hybridized carbons (Fsp3) is 0.158. The van der Waals surface area contributed by atoms with E-state index in [0.717, 1.165) is 27.9 Å². The van der Waals surface area contributed by atoms with Crippen LogP contribution in [0.3, 0.4) is 0 Å². The van der Waals surface area contributed by atoms with Gasteiger partial charge in [0.15, 0.2) is 0 Å². The molecule has 1 aromatic heterocycles. The van der Waals surface area contributed by atoms with Crippen molar-refractivity contribution >= 4 is 22.0 Å². The van der Waals surface area contributed by atoms with Crippen LogP contribution in [0.2, 0.25) is 0 Å². The van der Waals surface area contributed by atoms with Crippen LogP contribution < -0.4 is 10.1 Å². The average molecular weight is 335 g/mol. The minimum Gasteiger partial charge on any atom is -0.497 e. The summed E-state index contributed by atoms with van der Waals surface area (Å²) in [4.78, 5) is 0. The molecule has 0 aliphatic heterocycles. The highest BCUT2D eigenvalue weighted by Gasteiger charge is 2.18. The number of nitrogens with zero attached hydrogens (tertiary/aromatic N) is 2. The van der Waals surface area contributed by atoms with Gasteiger partial charge in [-0.3, -0.25) is 0 Å². The summed E-state index contributed by atoms with van der Waals surface area (Å²) >= 11 is 1.56. The Bertz CT molecular complexity index is 930. The molecule has 1 N–H and O–H groups in total. The summed E-state index contributed by atoms with van der Waals surface area (Å²) in [7, 11) is 3.56. The zero-order valence-corrected chi connectivity index (χ0v) is 14.4. The monoisotopic (exact) mass is 335 g/mol. The summed E-state index contributed by atoms with van der Waals surface area (Å²) in [5.74, 6) is 0.876. The molecule has 4 nitrogen and oxygen atoms in total. The number of rotatable bonds is 4. The maximum absolute atomic E-state index is 5.36. The van der Waals surface area contributed by atoms with E-state index in [1.165, 1.54) is 22.3 Å². The molecule has 1 aliphatic carbocycles. The van der Waals surface area contributed by atoms with Gasteiger partial charge in [0.05, 0.1) is 7.11 Å². The molecule has 1 heterocycles. The van der Waals surface area contributed by atoms with Crippen LogP contribution in [0.15, 0.2) is 48.5 Å². The first-order valence-corrected chi connectivity index (χ1v) is 8.59. The predicted molar refractivity (Wildman–Crippen MR) is 98.7 cm³/mol. The second-order valence-electron chi connectivity index (χ2n) is 5.59. The number of hydrogen-bond donors (Lipinski definition) is 1. The summed E-state index contributed by atoms with van der Waals surface area (Å²) in [6.45, 7) is 0. The second kappa shape index (κ2) is 6.09. The van der Waals surface area contributed by atoms with Gasteiger partial charge in [-0.05, 0) is 46.9 Å². The first-order valence-electron chi connectivity index (χ1n) is 7.78. The van der Waals surface area contributed by atoms with Crippen molar-refractivity contribution < 1.29 is 4.74 Å². The van der Waals surface area contributed by atoms with E-state index in [1.54, 1.807) is 18.4 Å². The first kappa shape index (κ1) is 14.9. The fourth-order valence-electron chi connectivity index (χ4n) is 2.97. The van der Waals surface area contributed by atoms with Gasteiger partial charge in [0, 0.05) is 12.6 Å². The largest absolute Gasteiger partial charge is 0.497 e. The molecule has 0 saturated carbocycles. The lowest BCUT2D eigenvalue weighted by Gasteiger charge is -2.09. The topological polar surface area (TPSA) is 47.0 Å². The van der Waals surface area contributed by atoms with E-state index < -0.39 is 0 Å². The second-order valence-corrected chi connectivity index (χ2v) is 6.57. The zero-order chi connectivity index (χ0) is 16.5. The number of ether oxygens (including phenoxy) is 1. The average Bonchev–Trinajstić information content (AvgIpc) is 3.28. The Labute approximate surface area is 144 Å². The number of fused-ring (bicyclic) bond motifs is 1. The van der Waals surface area contributed by atoms with Crippen molar-refractivity contribution in [2.75, 3.05) is 19.5 Å². The Morgan fingerprint density at radius 3 is 2.79 bits per heavy atom. The Balaban J connectivity index is 1.75. The van der Waals surface area contributed by atoms with Crippen molar-refractivity contribution in [1.29, 1.82) is 0 Å². The molecule has 4 rings (SSSR count). The summed E-state index contributed by atoms with van der Waals surface area (Å²) in [6, 6.07) is 14.7. The van der Waals surface area contributed by atoms with E-state index in [0.29, 0.717) is 0 Å². The molecule has 0 saturated heterocycles. The van der Waals surface area contributed by atoms with Crippen molar-refractivity contribution in [3.05, 3.63) is 65.2 Å². The van der Waals surface area contributed by atoms with E-state index in [2.05, 4.69) is 51.9 Å². The van der Waals surface area contributed by atoms with Crippen molar-refractivity contribution in [1.82, 2.24) is 10.2 Å². The van der Waals surface area contributed by atoms with Crippen LogP contribution in [0.25, 0.3) is 16.1 Å². The first-order chi connectivity index (χ1) is 11.8. The Morgan fingerprint density at radius 1 is 1.08 bits per heavy atom. The molecule has 0 radical (unpaired) electrons. The normalized spacial score (nSPS) is 12.7. The lowest BCUT2D eigenvalue weighted by atomic mass is 9.97. The molecule has 0 fully saturated rings. The van der Waals surface area contributed by atoms with Crippen molar-refractivity contribution in [3.63, 3.8) is 0 Å². The van der Waals surface area contributed by atoms with Crippen LogP contribution in [0.1, 0.15) is 16.7 Å². The van der Waals surface area contributed by atoms with Crippen LogP contribution in [-0.2, 0) is 6.42 Å². The molecule has 0 bridgehead atoms. The van der Waals surface area contributed by atoms with E-state index in [4.69, 9.17) is 4.74 Å². The van der Waals surface area contributed by atoms with Gasteiger partial charge in [0.1, 0.15) is 10.8 Å². The molecule has 2 aromatic carbocycles. The number of anilines is 1. The zero-order valence-electron chi connectivity index (χ0n) is 13.5. The van der Waals surface area contributed by atoms with Crippen molar-refractivity contribution in [2.45, 2.75) is 6.42 Å². The van der Waals surface area contributed by atoms with E-state index in [1.807, 2.05) is 19.2 Å². The fourth-order valence-corrected chi connectivity index (χ4v) is 3.66. The Kier molecular flexibility index (Phi) is 3.78. The minimum absolute atomic E-state index is 0.828. The highest BCUT2D eigenvalue weighted by Crippen LogP contribution is 2.37. The van der Waals surface area contributed by atoms with E-state index >= 15 is 0 Å². The SMILES string of the molecule is CNc1nnc(-c2ccc3c(c2)C(c2cccc(OC)c2)=CC3)s1. The predicted octanol–water partition coefficient (Wildman–Crippen LogP) is 4.24. The lowest BCUT2D eigenvalue weighted by molar-refractivity contribution is 0.414. The lowest BCUT2D eigenvalue weighted by Crippen LogP contribution is -1.90. The number of benzene rings is 2. The maximum Gasteiger partial charge on any atom is 0.205 e. The highest BCUT2D eigenvalue weighted by atomic mass is 32.1. The maximum atomic E-state index is 5.36. The van der Waals surface area contributed by atoms with Crippen molar-refractivity contribution in [3.8, 4) is 16.3 Å². The number of nitrogens with one attached hydrogen (secondary N) is 1. The number of allylic oxidation sites excluding steroid dienone is 1. The van der Waals surface area contributed by atoms with Gasteiger partial charge in [-0.15, -0.1) is 10.2 Å². The number of hydrogen-bond acceptors (Lipinski definition) is 5. The molecular formula is C19H17N3OS. The molecule has 0 atom stereocenters. The summed E-state index contributed by atoms with van der Waals surface area (Å²) < 4.78 is 5.36. The summed E-state index contributed by atoms with van der Waals surface area (Å²) in [5, 5.41) is 13.2. The Morgan fingerprint density at radius 2 is 2.00 bits per heavy atom. The smallest absolute Gasteiger partial charge is 0.205 e. The minimum atomic E-state index is 0.828. The van der Waals surface area contributed by atoms with Gasteiger partial charge in [0.2, 0.25) is 5.13 Å². The van der Waals surface area contributed by atoms with Crippen LogP contribution in [0, 0.1) is 0 Å². The molecule has 5 heteroatoms. The molecular weight excluding hydrogens is 318 g/mol. The number of aromatic nitrogens is 2. The van der Waals surface area contributed by atoms with Gasteiger partial charge in [-0.25, -0.2) is 0 Å². The Hall–Kier alpha value is -2.66. The van der Waals surface area contributed by atoms with Crippen LogP contribution in [0.5, 0.6) is 5.75 Å². The van der Waals surface area contributed by atoms with Gasteiger partial charge >= 0.3 is 0 Å². The third-order valence-corrected chi connectivity index (χ3v) is 5.18. The van der Waals surface area contributed by atoms with Gasteiger partial charge in [-0.2, -0.15) is 0 Å². The highest BCUT2D eigenvalue weighted by molar-refractivity contribution is 7.18. The number of methoxy groups -OCH3 is 1. The molecule has 3 aromatic rings. The standard InChI is InChI=1S/C19H17N3OS/c1-20-19-22-21-18(24-19)14-7-6-12-8-9-16(17(12)11-14)13-4-3-5-15(10-13)23-2/h3-7,9-11H,8H2,1-2H3,(H,20,22). The summed E-state index contributed by atoms with van der Waals surface area (Å²) in [6.07, 6.45) is 3.24. The summed E-state index contributed by atoms with van der Waals surface area (Å²) in [5.41, 5.74) is 6.14. The van der Waals surface area contributed by atoms with Crippen LogP contribution in [0.4, 0.5) is 5.13 Å². The van der Waals surface area contributed by atoms with E-state index in [-0.39, 0.29) is 0 Å². The third-order valence-electron chi connectivity index (χ3n) is 4.19. The van der Waals surface area contributed by atoms with Gasteiger partial charge < -0.3 is 10.1 Å². The molecule has 24 heavy (non-hydrogen) atoms. The molecule has 1 aliphatic rings. The van der Waals surface area contributed by atoms with Crippen LogP contribution in [-0.4, -0.2) is 24.4 Å². The molecule has 0 unspecified atom stereocenters. The van der Waals surface area contributed by atoms with Crippen LogP contribution >= 0.6 is 11.3 Å². The molecule has 0 spiro atoms. The molecule has 0 amide bonds. The quantitative estimate of drug-likeness (QED) is 0.774. The molecule has 120 valence electrons. The third kappa shape index (κ3) is 2.57. The van der Waals surface area contributed by atoms with Crippen molar-refractivity contribution in [2.24, 2.45) is 0 Å². The van der Waals surface area contributed by atoms with Gasteiger partial charge in [0.25, 0.3) is 0 Å². The van der Waals surface area contributed by atoms with Gasteiger partial charge in [-0.1, -0.05) is 41.7 Å².